The second-order valence-corrected chi connectivity index (χ2v) is 8.26. The molecule has 2 heterocycles. The molecule has 8 heteroatoms. The number of carbonyl (C=O) groups is 1. The van der Waals surface area contributed by atoms with Crippen LogP contribution in [0.3, 0.4) is 0 Å². The molecule has 8 nitrogen and oxygen atoms in total. The zero-order chi connectivity index (χ0) is 22.4. The lowest BCUT2D eigenvalue weighted by Crippen LogP contribution is -2.45. The molecule has 2 aromatic rings. The number of aromatic nitrogens is 1. The Morgan fingerprint density at radius 3 is 2.77 bits per heavy atom. The third-order valence-electron chi connectivity index (χ3n) is 5.66. The Bertz CT molecular complexity index is 921. The first-order valence-electron chi connectivity index (χ1n) is 10.9. The van der Waals surface area contributed by atoms with Crippen molar-refractivity contribution in [2.45, 2.75) is 39.2 Å². The first-order chi connectivity index (χ1) is 14.9. The van der Waals surface area contributed by atoms with Gasteiger partial charge in [-0.3, -0.25) is 9.79 Å². The van der Waals surface area contributed by atoms with Gasteiger partial charge in [0, 0.05) is 61.9 Å². The highest BCUT2D eigenvalue weighted by Crippen LogP contribution is 2.31. The Balaban J connectivity index is 1.47. The average molecular weight is 430 g/mol. The minimum atomic E-state index is 0.0434. The van der Waals surface area contributed by atoms with Crippen molar-refractivity contribution in [2.24, 2.45) is 10.9 Å². The molecular weight excluding hydrogens is 394 g/mol. The molecule has 1 aliphatic rings. The molecule has 1 fully saturated rings. The van der Waals surface area contributed by atoms with E-state index < -0.39 is 0 Å². The Labute approximate surface area is 184 Å². The number of aryl methyl sites for hydroxylation is 1. The number of hydrogen-bond acceptors (Lipinski definition) is 4. The number of benzene rings is 1. The fourth-order valence-electron chi connectivity index (χ4n) is 3.98. The van der Waals surface area contributed by atoms with Crippen molar-refractivity contribution in [3.05, 3.63) is 23.9 Å². The van der Waals surface area contributed by atoms with Gasteiger partial charge in [0.2, 0.25) is 5.91 Å². The maximum atomic E-state index is 12.2. The molecule has 31 heavy (non-hydrogen) atoms. The first kappa shape index (κ1) is 22.8. The number of amides is 1. The summed E-state index contributed by atoms with van der Waals surface area (Å²) in [5, 5.41) is 7.89. The largest absolute Gasteiger partial charge is 0.497 e. The number of ether oxygens (including phenoxy) is 2. The molecule has 0 radical (unpaired) electrons. The molecule has 1 amide bonds. The van der Waals surface area contributed by atoms with Crippen LogP contribution < -0.4 is 20.1 Å². The van der Waals surface area contributed by atoms with Crippen LogP contribution in [-0.2, 0) is 11.2 Å². The molecule has 0 saturated carbocycles. The third kappa shape index (κ3) is 5.62. The van der Waals surface area contributed by atoms with Gasteiger partial charge in [-0.05, 0) is 25.3 Å². The highest BCUT2D eigenvalue weighted by atomic mass is 16.5. The van der Waals surface area contributed by atoms with Crippen molar-refractivity contribution in [1.82, 2.24) is 20.5 Å². The van der Waals surface area contributed by atoms with Gasteiger partial charge in [-0.25, -0.2) is 0 Å². The van der Waals surface area contributed by atoms with E-state index in [0.29, 0.717) is 0 Å². The molecule has 3 rings (SSSR count). The van der Waals surface area contributed by atoms with Gasteiger partial charge in [0.25, 0.3) is 0 Å². The van der Waals surface area contributed by atoms with Crippen LogP contribution in [0.25, 0.3) is 10.9 Å². The van der Waals surface area contributed by atoms with Crippen LogP contribution >= 0.6 is 0 Å². The van der Waals surface area contributed by atoms with E-state index in [2.05, 4.69) is 26.7 Å². The number of hydrogen-bond donors (Lipinski definition) is 3. The maximum absolute atomic E-state index is 12.2. The number of aliphatic imine (C=N–C) groups is 1. The van der Waals surface area contributed by atoms with Crippen LogP contribution in [-0.4, -0.2) is 68.7 Å². The molecule has 1 unspecified atom stereocenters. The predicted octanol–water partition coefficient (Wildman–Crippen LogP) is 2.54. The summed E-state index contributed by atoms with van der Waals surface area (Å²) in [6.07, 6.45) is 2.80. The average Bonchev–Trinajstić information content (AvgIpc) is 3.40. The molecule has 1 atom stereocenters. The number of nitrogens with one attached hydrogen (secondary N) is 3. The summed E-state index contributed by atoms with van der Waals surface area (Å²) in [7, 11) is 5.10. The summed E-state index contributed by atoms with van der Waals surface area (Å²) >= 11 is 0. The van der Waals surface area contributed by atoms with Crippen molar-refractivity contribution in [3.63, 3.8) is 0 Å². The van der Waals surface area contributed by atoms with Crippen LogP contribution in [0.1, 0.15) is 32.4 Å². The lowest BCUT2D eigenvalue weighted by atomic mass is 10.2. The van der Waals surface area contributed by atoms with Crippen LogP contribution in [0.5, 0.6) is 11.5 Å². The molecule has 0 aliphatic carbocycles. The van der Waals surface area contributed by atoms with E-state index in [1.165, 1.54) is 0 Å². The standard InChI is InChI=1S/C23H35N5O3/c1-15(2)22(29)28-10-8-17(14-28)27-23(24-3)25-9-6-7-16-11-19-20(26-16)12-18(30-4)13-21(19)31-5/h11-13,15,17,26H,6-10,14H2,1-5H3,(H2,24,25,27). The molecule has 1 saturated heterocycles. The van der Waals surface area contributed by atoms with E-state index >= 15 is 0 Å². The van der Waals surface area contributed by atoms with Crippen LogP contribution in [0, 0.1) is 5.92 Å². The van der Waals surface area contributed by atoms with Gasteiger partial charge in [-0.2, -0.15) is 0 Å². The van der Waals surface area contributed by atoms with Gasteiger partial charge in [-0.15, -0.1) is 0 Å². The number of fused-ring (bicyclic) bond motifs is 1. The van der Waals surface area contributed by atoms with E-state index in [9.17, 15) is 4.79 Å². The fourth-order valence-corrected chi connectivity index (χ4v) is 3.98. The van der Waals surface area contributed by atoms with Gasteiger partial charge < -0.3 is 30.0 Å². The van der Waals surface area contributed by atoms with E-state index in [1.807, 2.05) is 30.9 Å². The molecule has 0 bridgehead atoms. The quantitative estimate of drug-likeness (QED) is 0.341. The molecule has 0 spiro atoms. The van der Waals surface area contributed by atoms with Crippen LogP contribution in [0.4, 0.5) is 0 Å². The monoisotopic (exact) mass is 429 g/mol. The Morgan fingerprint density at radius 2 is 2.10 bits per heavy atom. The Hall–Kier alpha value is -2.90. The summed E-state index contributed by atoms with van der Waals surface area (Å²) in [5.41, 5.74) is 2.17. The molecule has 1 aliphatic heterocycles. The minimum absolute atomic E-state index is 0.0434. The molecule has 3 N–H and O–H groups in total. The van der Waals surface area contributed by atoms with Gasteiger partial charge in [0.15, 0.2) is 5.96 Å². The maximum Gasteiger partial charge on any atom is 0.225 e. The Kier molecular flexibility index (Phi) is 7.65. The van der Waals surface area contributed by atoms with Gasteiger partial charge in [-0.1, -0.05) is 13.8 Å². The second-order valence-electron chi connectivity index (χ2n) is 8.26. The van der Waals surface area contributed by atoms with Gasteiger partial charge in [0.05, 0.1) is 19.7 Å². The number of guanidine groups is 1. The van der Waals surface area contributed by atoms with Crippen molar-refractivity contribution in [3.8, 4) is 11.5 Å². The number of carbonyl (C=O) groups excluding carboxylic acids is 1. The van der Waals surface area contributed by atoms with Crippen molar-refractivity contribution in [1.29, 1.82) is 0 Å². The number of aromatic amines is 1. The lowest BCUT2D eigenvalue weighted by molar-refractivity contribution is -0.133. The summed E-state index contributed by atoms with van der Waals surface area (Å²) in [5.74, 6) is 2.63. The second kappa shape index (κ2) is 10.4. The molecule has 1 aromatic heterocycles. The number of methoxy groups -OCH3 is 2. The minimum Gasteiger partial charge on any atom is -0.497 e. The zero-order valence-corrected chi connectivity index (χ0v) is 19.2. The SMILES string of the molecule is CN=C(NCCCc1cc2c(OC)cc(OC)cc2[nH]1)NC1CCN(C(=O)C(C)C)C1. The normalized spacial score (nSPS) is 16.8. The predicted molar refractivity (Wildman–Crippen MR) is 124 cm³/mol. The molecule has 170 valence electrons. The number of rotatable bonds is 8. The number of likely N-dealkylation sites (tertiary alicyclic amines) is 1. The summed E-state index contributed by atoms with van der Waals surface area (Å²) in [6.45, 7) is 6.24. The summed E-state index contributed by atoms with van der Waals surface area (Å²) in [6, 6.07) is 6.26. The fraction of sp³-hybridized carbons (Fsp3) is 0.565. The third-order valence-corrected chi connectivity index (χ3v) is 5.66. The van der Waals surface area contributed by atoms with E-state index in [-0.39, 0.29) is 17.9 Å². The van der Waals surface area contributed by atoms with Crippen molar-refractivity contribution < 1.29 is 14.3 Å². The topological polar surface area (TPSA) is 91.0 Å². The highest BCUT2D eigenvalue weighted by Gasteiger charge is 2.27. The zero-order valence-electron chi connectivity index (χ0n) is 19.2. The van der Waals surface area contributed by atoms with E-state index in [0.717, 1.165) is 73.0 Å². The molecule has 1 aromatic carbocycles. The van der Waals surface area contributed by atoms with Gasteiger partial charge >= 0.3 is 0 Å². The Morgan fingerprint density at radius 1 is 1.29 bits per heavy atom. The number of H-pyrrole nitrogens is 1. The lowest BCUT2D eigenvalue weighted by Gasteiger charge is -2.20. The first-order valence-corrected chi connectivity index (χ1v) is 10.9. The summed E-state index contributed by atoms with van der Waals surface area (Å²) in [4.78, 5) is 21.9. The number of nitrogens with zero attached hydrogens (tertiary/aromatic N) is 2. The van der Waals surface area contributed by atoms with E-state index in [1.54, 1.807) is 21.3 Å². The smallest absolute Gasteiger partial charge is 0.225 e. The van der Waals surface area contributed by atoms with Crippen molar-refractivity contribution in [2.75, 3.05) is 40.9 Å². The van der Waals surface area contributed by atoms with Crippen LogP contribution in [0.2, 0.25) is 0 Å². The van der Waals surface area contributed by atoms with E-state index in [4.69, 9.17) is 9.47 Å². The molecular formula is C23H35N5O3. The summed E-state index contributed by atoms with van der Waals surface area (Å²) < 4.78 is 10.8. The van der Waals surface area contributed by atoms with Crippen molar-refractivity contribution >= 4 is 22.8 Å². The highest BCUT2D eigenvalue weighted by molar-refractivity contribution is 5.88. The van der Waals surface area contributed by atoms with Crippen LogP contribution in [0.15, 0.2) is 23.2 Å². The van der Waals surface area contributed by atoms with Gasteiger partial charge in [0.1, 0.15) is 11.5 Å².